The van der Waals surface area contributed by atoms with Crippen molar-refractivity contribution in [3.8, 4) is 9.88 Å². The number of aromatic nitrogens is 2. The SMILES string of the molecule is Cc1ccc(-c2nnc(C(=O)OCc3ccccc3)s2)s1. The van der Waals surface area contributed by atoms with Crippen molar-refractivity contribution in [1.29, 1.82) is 0 Å². The third-order valence-corrected chi connectivity index (χ3v) is 4.84. The molecule has 0 N–H and O–H groups in total. The van der Waals surface area contributed by atoms with Gasteiger partial charge in [-0.2, -0.15) is 0 Å². The van der Waals surface area contributed by atoms with E-state index in [9.17, 15) is 4.79 Å². The van der Waals surface area contributed by atoms with Crippen LogP contribution in [0.5, 0.6) is 0 Å². The average molecular weight is 316 g/mol. The number of esters is 1. The van der Waals surface area contributed by atoms with E-state index in [1.807, 2.05) is 49.4 Å². The van der Waals surface area contributed by atoms with Crippen LogP contribution in [0.15, 0.2) is 42.5 Å². The first-order valence-corrected chi connectivity index (χ1v) is 7.97. The predicted molar refractivity (Wildman–Crippen MR) is 83.5 cm³/mol. The summed E-state index contributed by atoms with van der Waals surface area (Å²) in [6.45, 7) is 2.27. The van der Waals surface area contributed by atoms with E-state index in [1.54, 1.807) is 11.3 Å². The number of nitrogens with zero attached hydrogens (tertiary/aromatic N) is 2. The van der Waals surface area contributed by atoms with Gasteiger partial charge in [0.1, 0.15) is 6.61 Å². The number of hydrogen-bond acceptors (Lipinski definition) is 6. The predicted octanol–water partition coefficient (Wildman–Crippen LogP) is 3.93. The van der Waals surface area contributed by atoms with Crippen LogP contribution in [0.4, 0.5) is 0 Å². The molecule has 2 aromatic heterocycles. The van der Waals surface area contributed by atoms with Crippen LogP contribution < -0.4 is 0 Å². The molecule has 0 fully saturated rings. The van der Waals surface area contributed by atoms with E-state index in [1.165, 1.54) is 16.2 Å². The Morgan fingerprint density at radius 2 is 1.90 bits per heavy atom. The van der Waals surface area contributed by atoms with E-state index in [-0.39, 0.29) is 11.6 Å². The molecule has 0 unspecified atom stereocenters. The molecular formula is C15H12N2O2S2. The first-order valence-electron chi connectivity index (χ1n) is 6.34. The van der Waals surface area contributed by atoms with Gasteiger partial charge in [-0.15, -0.1) is 21.5 Å². The molecular weight excluding hydrogens is 304 g/mol. The van der Waals surface area contributed by atoms with Gasteiger partial charge in [0.2, 0.25) is 5.01 Å². The van der Waals surface area contributed by atoms with Crippen LogP contribution in [-0.2, 0) is 11.3 Å². The fraction of sp³-hybridized carbons (Fsp3) is 0.133. The number of thiophene rings is 1. The molecule has 3 aromatic rings. The fourth-order valence-electron chi connectivity index (χ4n) is 1.74. The van der Waals surface area contributed by atoms with Gasteiger partial charge in [0.05, 0.1) is 4.88 Å². The molecule has 6 heteroatoms. The lowest BCUT2D eigenvalue weighted by Crippen LogP contribution is -2.04. The summed E-state index contributed by atoms with van der Waals surface area (Å²) in [5.74, 6) is -0.434. The highest BCUT2D eigenvalue weighted by atomic mass is 32.1. The molecule has 0 bridgehead atoms. The van der Waals surface area contributed by atoms with Crippen LogP contribution >= 0.6 is 22.7 Å². The highest BCUT2D eigenvalue weighted by Crippen LogP contribution is 2.30. The first-order chi connectivity index (χ1) is 10.2. The van der Waals surface area contributed by atoms with Crippen LogP contribution in [-0.4, -0.2) is 16.2 Å². The molecule has 0 atom stereocenters. The summed E-state index contributed by atoms with van der Waals surface area (Å²) in [7, 11) is 0. The summed E-state index contributed by atoms with van der Waals surface area (Å²) in [5, 5.41) is 9.00. The Labute approximate surface area is 130 Å². The Kier molecular flexibility index (Phi) is 4.08. The van der Waals surface area contributed by atoms with Gasteiger partial charge >= 0.3 is 5.97 Å². The van der Waals surface area contributed by atoms with Crippen molar-refractivity contribution in [1.82, 2.24) is 10.2 Å². The van der Waals surface area contributed by atoms with Gasteiger partial charge in [-0.05, 0) is 24.6 Å². The maximum absolute atomic E-state index is 12.0. The molecule has 0 saturated heterocycles. The summed E-state index contributed by atoms with van der Waals surface area (Å²) < 4.78 is 5.24. The van der Waals surface area contributed by atoms with Gasteiger partial charge < -0.3 is 4.74 Å². The topological polar surface area (TPSA) is 52.1 Å². The molecule has 0 aliphatic heterocycles. The van der Waals surface area contributed by atoms with Gasteiger partial charge in [0.15, 0.2) is 5.01 Å². The third-order valence-electron chi connectivity index (χ3n) is 2.76. The Bertz CT molecular complexity index is 750. The molecule has 106 valence electrons. The molecule has 1 aromatic carbocycles. The molecule has 0 amide bonds. The third kappa shape index (κ3) is 3.34. The van der Waals surface area contributed by atoms with E-state index in [0.717, 1.165) is 15.4 Å². The van der Waals surface area contributed by atoms with E-state index >= 15 is 0 Å². The molecule has 4 nitrogen and oxygen atoms in total. The Hall–Kier alpha value is -2.05. The highest BCUT2D eigenvalue weighted by molar-refractivity contribution is 7.22. The zero-order chi connectivity index (χ0) is 14.7. The Morgan fingerprint density at radius 3 is 2.62 bits per heavy atom. The molecule has 0 spiro atoms. The zero-order valence-corrected chi connectivity index (χ0v) is 12.9. The average Bonchev–Trinajstić information content (AvgIpc) is 3.14. The summed E-state index contributed by atoms with van der Waals surface area (Å²) in [4.78, 5) is 14.2. The summed E-state index contributed by atoms with van der Waals surface area (Å²) >= 11 is 2.89. The van der Waals surface area contributed by atoms with Gasteiger partial charge in [-0.3, -0.25) is 0 Å². The van der Waals surface area contributed by atoms with Gasteiger partial charge in [0.25, 0.3) is 0 Å². The molecule has 0 aliphatic carbocycles. The van der Waals surface area contributed by atoms with Gasteiger partial charge in [-0.25, -0.2) is 4.79 Å². The molecule has 0 radical (unpaired) electrons. The minimum absolute atomic E-state index is 0.243. The number of hydrogen-bond donors (Lipinski definition) is 0. The maximum Gasteiger partial charge on any atom is 0.369 e. The molecule has 0 aliphatic rings. The molecule has 2 heterocycles. The number of rotatable bonds is 4. The number of carbonyl (C=O) groups is 1. The molecule has 3 rings (SSSR count). The molecule has 0 saturated carbocycles. The van der Waals surface area contributed by atoms with Gasteiger partial charge in [-0.1, -0.05) is 41.7 Å². The quantitative estimate of drug-likeness (QED) is 0.684. The number of carbonyl (C=O) groups excluding carboxylic acids is 1. The van der Waals surface area contributed by atoms with E-state index in [4.69, 9.17) is 4.74 Å². The van der Waals surface area contributed by atoms with Crippen molar-refractivity contribution in [2.24, 2.45) is 0 Å². The Balaban J connectivity index is 1.67. The monoisotopic (exact) mass is 316 g/mol. The van der Waals surface area contributed by atoms with E-state index < -0.39 is 5.97 Å². The second-order valence-electron chi connectivity index (χ2n) is 4.38. The van der Waals surface area contributed by atoms with Crippen molar-refractivity contribution in [3.63, 3.8) is 0 Å². The van der Waals surface area contributed by atoms with Gasteiger partial charge in [0, 0.05) is 4.88 Å². The number of ether oxygens (including phenoxy) is 1. The zero-order valence-electron chi connectivity index (χ0n) is 11.3. The van der Waals surface area contributed by atoms with Crippen molar-refractivity contribution >= 4 is 28.6 Å². The fourth-order valence-corrected chi connectivity index (χ4v) is 3.39. The van der Waals surface area contributed by atoms with Crippen molar-refractivity contribution in [2.45, 2.75) is 13.5 Å². The second-order valence-corrected chi connectivity index (χ2v) is 6.65. The lowest BCUT2D eigenvalue weighted by atomic mass is 10.2. The van der Waals surface area contributed by atoms with Crippen molar-refractivity contribution in [3.05, 3.63) is 57.9 Å². The highest BCUT2D eigenvalue weighted by Gasteiger charge is 2.16. The van der Waals surface area contributed by atoms with Crippen molar-refractivity contribution < 1.29 is 9.53 Å². The standard InChI is InChI=1S/C15H12N2O2S2/c1-10-7-8-12(20-10)13-16-17-14(21-13)15(18)19-9-11-5-3-2-4-6-11/h2-8H,9H2,1H3. The van der Waals surface area contributed by atoms with Crippen LogP contribution in [0.1, 0.15) is 20.2 Å². The minimum Gasteiger partial charge on any atom is -0.455 e. The lowest BCUT2D eigenvalue weighted by Gasteiger charge is -2.01. The summed E-state index contributed by atoms with van der Waals surface area (Å²) in [6.07, 6.45) is 0. The summed E-state index contributed by atoms with van der Waals surface area (Å²) in [5.41, 5.74) is 0.949. The lowest BCUT2D eigenvalue weighted by molar-refractivity contribution is 0.0471. The molecule has 21 heavy (non-hydrogen) atoms. The first kappa shape index (κ1) is 13.9. The van der Waals surface area contributed by atoms with E-state index in [0.29, 0.717) is 0 Å². The largest absolute Gasteiger partial charge is 0.455 e. The minimum atomic E-state index is -0.434. The smallest absolute Gasteiger partial charge is 0.369 e. The normalized spacial score (nSPS) is 10.5. The number of aryl methyl sites for hydroxylation is 1. The maximum atomic E-state index is 12.0. The van der Waals surface area contributed by atoms with Crippen LogP contribution in [0.3, 0.4) is 0 Å². The van der Waals surface area contributed by atoms with Crippen LogP contribution in [0.2, 0.25) is 0 Å². The van der Waals surface area contributed by atoms with Crippen molar-refractivity contribution in [2.75, 3.05) is 0 Å². The number of benzene rings is 1. The Morgan fingerprint density at radius 1 is 1.10 bits per heavy atom. The van der Waals surface area contributed by atoms with Crippen LogP contribution in [0.25, 0.3) is 9.88 Å². The van der Waals surface area contributed by atoms with E-state index in [2.05, 4.69) is 10.2 Å². The second kappa shape index (κ2) is 6.15. The summed E-state index contributed by atoms with van der Waals surface area (Å²) in [6, 6.07) is 13.6. The van der Waals surface area contributed by atoms with Crippen LogP contribution in [0, 0.1) is 6.92 Å².